The van der Waals surface area contributed by atoms with Crippen molar-refractivity contribution in [2.45, 2.75) is 59.3 Å². The van der Waals surface area contributed by atoms with Crippen LogP contribution in [0.1, 0.15) is 63.1 Å². The molecule has 0 spiro atoms. The molecule has 1 atom stereocenters. The van der Waals surface area contributed by atoms with Gasteiger partial charge in [-0.1, -0.05) is 33.8 Å². The van der Waals surface area contributed by atoms with Crippen molar-refractivity contribution in [2.75, 3.05) is 17.2 Å². The second kappa shape index (κ2) is 7.39. The molecule has 0 fully saturated rings. The zero-order valence-corrected chi connectivity index (χ0v) is 14.0. The summed E-state index contributed by atoms with van der Waals surface area (Å²) in [7, 11) is 0. The smallest absolute Gasteiger partial charge is 0.0604 e. The highest BCUT2D eigenvalue weighted by Crippen LogP contribution is 2.42. The van der Waals surface area contributed by atoms with Crippen LogP contribution in [0.15, 0.2) is 12.7 Å². The standard InChI is InChI=1S/C18H31N3/c1-6-9-14-15(12(7-2)10-11(4)5)18(21)17(20)13(8-3)16(14)19/h6,11-12H,1,7-10,19-21H2,2-5H3. The summed E-state index contributed by atoms with van der Waals surface area (Å²) in [6.07, 6.45) is 5.57. The van der Waals surface area contributed by atoms with Crippen LogP contribution in [-0.2, 0) is 12.8 Å². The van der Waals surface area contributed by atoms with Crippen LogP contribution in [0.4, 0.5) is 17.1 Å². The average molecular weight is 289 g/mol. The Bertz CT molecular complexity index is 504. The van der Waals surface area contributed by atoms with Gasteiger partial charge >= 0.3 is 0 Å². The molecule has 3 heteroatoms. The number of anilines is 3. The molecule has 0 heterocycles. The molecule has 0 aliphatic rings. The lowest BCUT2D eigenvalue weighted by atomic mass is 9.81. The molecule has 118 valence electrons. The maximum atomic E-state index is 6.40. The number of hydrogen-bond donors (Lipinski definition) is 3. The quantitative estimate of drug-likeness (QED) is 0.518. The van der Waals surface area contributed by atoms with E-state index >= 15 is 0 Å². The summed E-state index contributed by atoms with van der Waals surface area (Å²) in [5.74, 6) is 1.01. The molecule has 0 aromatic heterocycles. The minimum absolute atomic E-state index is 0.399. The van der Waals surface area contributed by atoms with Crippen molar-refractivity contribution in [3.05, 3.63) is 29.3 Å². The molecule has 0 bridgehead atoms. The van der Waals surface area contributed by atoms with Gasteiger partial charge in [-0.15, -0.1) is 6.58 Å². The lowest BCUT2D eigenvalue weighted by molar-refractivity contribution is 0.488. The Balaban J connectivity index is 3.57. The van der Waals surface area contributed by atoms with Gasteiger partial charge in [0.1, 0.15) is 0 Å². The molecule has 0 saturated heterocycles. The highest BCUT2D eigenvalue weighted by Gasteiger charge is 2.23. The van der Waals surface area contributed by atoms with E-state index in [1.165, 1.54) is 0 Å². The first-order valence-corrected chi connectivity index (χ1v) is 7.97. The highest BCUT2D eigenvalue weighted by molar-refractivity contribution is 5.82. The fourth-order valence-corrected chi connectivity index (χ4v) is 3.21. The van der Waals surface area contributed by atoms with Crippen molar-refractivity contribution in [3.8, 4) is 0 Å². The third kappa shape index (κ3) is 3.52. The van der Waals surface area contributed by atoms with Crippen molar-refractivity contribution in [1.29, 1.82) is 0 Å². The van der Waals surface area contributed by atoms with E-state index in [0.29, 0.717) is 17.5 Å². The summed E-state index contributed by atoms with van der Waals surface area (Å²) >= 11 is 0. The molecular formula is C18H31N3. The second-order valence-electron chi connectivity index (χ2n) is 6.19. The van der Waals surface area contributed by atoms with Gasteiger partial charge < -0.3 is 17.2 Å². The largest absolute Gasteiger partial charge is 0.398 e. The molecule has 0 radical (unpaired) electrons. The third-order valence-corrected chi connectivity index (χ3v) is 4.24. The Labute approximate surface area is 129 Å². The predicted octanol–water partition coefficient (Wildman–Crippen LogP) is 4.26. The maximum absolute atomic E-state index is 6.40. The number of hydrogen-bond acceptors (Lipinski definition) is 3. The molecule has 1 unspecified atom stereocenters. The Hall–Kier alpha value is -1.64. The topological polar surface area (TPSA) is 78.1 Å². The van der Waals surface area contributed by atoms with Crippen LogP contribution >= 0.6 is 0 Å². The lowest BCUT2D eigenvalue weighted by Gasteiger charge is -2.26. The van der Waals surface area contributed by atoms with E-state index in [9.17, 15) is 0 Å². The molecule has 0 aliphatic heterocycles. The molecule has 21 heavy (non-hydrogen) atoms. The number of nitrogens with two attached hydrogens (primary N) is 3. The summed E-state index contributed by atoms with van der Waals surface area (Å²) < 4.78 is 0. The first kappa shape index (κ1) is 17.4. The Morgan fingerprint density at radius 1 is 1.00 bits per heavy atom. The minimum Gasteiger partial charge on any atom is -0.398 e. The fourth-order valence-electron chi connectivity index (χ4n) is 3.21. The number of benzene rings is 1. The highest BCUT2D eigenvalue weighted by atomic mass is 14.7. The van der Waals surface area contributed by atoms with Gasteiger partial charge in [-0.3, -0.25) is 0 Å². The van der Waals surface area contributed by atoms with Gasteiger partial charge in [0.2, 0.25) is 0 Å². The first-order valence-electron chi connectivity index (χ1n) is 7.97. The summed E-state index contributed by atoms with van der Waals surface area (Å²) in [5.41, 5.74) is 24.5. The average Bonchev–Trinajstić information content (AvgIpc) is 2.43. The fraction of sp³-hybridized carbons (Fsp3) is 0.556. The molecule has 0 saturated carbocycles. The summed E-state index contributed by atoms with van der Waals surface area (Å²) in [6, 6.07) is 0. The van der Waals surface area contributed by atoms with Crippen molar-refractivity contribution in [2.24, 2.45) is 5.92 Å². The van der Waals surface area contributed by atoms with Crippen LogP contribution in [0.3, 0.4) is 0 Å². The van der Waals surface area contributed by atoms with Crippen molar-refractivity contribution in [1.82, 2.24) is 0 Å². The predicted molar refractivity (Wildman–Crippen MR) is 95.4 cm³/mol. The molecule has 3 nitrogen and oxygen atoms in total. The molecule has 1 rings (SSSR count). The molecule has 0 aliphatic carbocycles. The van der Waals surface area contributed by atoms with Gasteiger partial charge in [0.05, 0.1) is 11.4 Å². The summed E-state index contributed by atoms with van der Waals surface area (Å²) in [5, 5.41) is 0. The molecule has 1 aromatic carbocycles. The van der Waals surface area contributed by atoms with E-state index in [1.807, 2.05) is 6.08 Å². The number of rotatable bonds is 7. The van der Waals surface area contributed by atoms with E-state index < -0.39 is 0 Å². The van der Waals surface area contributed by atoms with Crippen LogP contribution < -0.4 is 17.2 Å². The number of nitrogen functional groups attached to an aromatic ring is 3. The van der Waals surface area contributed by atoms with Crippen LogP contribution in [0.5, 0.6) is 0 Å². The minimum atomic E-state index is 0.399. The van der Waals surface area contributed by atoms with E-state index in [2.05, 4.69) is 34.3 Å². The second-order valence-corrected chi connectivity index (χ2v) is 6.19. The molecule has 0 amide bonds. The van der Waals surface area contributed by atoms with E-state index in [4.69, 9.17) is 17.2 Å². The van der Waals surface area contributed by atoms with Gasteiger partial charge in [0, 0.05) is 11.3 Å². The van der Waals surface area contributed by atoms with Crippen LogP contribution in [-0.4, -0.2) is 0 Å². The normalized spacial score (nSPS) is 12.6. The monoisotopic (exact) mass is 289 g/mol. The first-order chi connectivity index (χ1) is 9.88. The summed E-state index contributed by atoms with van der Waals surface area (Å²) in [4.78, 5) is 0. The van der Waals surface area contributed by atoms with Gasteiger partial charge in [-0.05, 0) is 48.6 Å². The number of allylic oxidation sites excluding steroid dienone is 1. The van der Waals surface area contributed by atoms with Gasteiger partial charge in [-0.25, -0.2) is 0 Å². The van der Waals surface area contributed by atoms with E-state index in [0.717, 1.165) is 53.7 Å². The van der Waals surface area contributed by atoms with Gasteiger partial charge in [0.15, 0.2) is 0 Å². The van der Waals surface area contributed by atoms with E-state index in [1.54, 1.807) is 0 Å². The molecular weight excluding hydrogens is 258 g/mol. The van der Waals surface area contributed by atoms with Crippen LogP contribution in [0.2, 0.25) is 0 Å². The van der Waals surface area contributed by atoms with E-state index in [-0.39, 0.29) is 0 Å². The van der Waals surface area contributed by atoms with Crippen molar-refractivity contribution in [3.63, 3.8) is 0 Å². The third-order valence-electron chi connectivity index (χ3n) is 4.24. The lowest BCUT2D eigenvalue weighted by Crippen LogP contribution is -2.15. The van der Waals surface area contributed by atoms with Crippen molar-refractivity contribution < 1.29 is 0 Å². The molecule has 1 aromatic rings. The van der Waals surface area contributed by atoms with Gasteiger partial charge in [-0.2, -0.15) is 0 Å². The van der Waals surface area contributed by atoms with Crippen molar-refractivity contribution >= 4 is 17.1 Å². The SMILES string of the molecule is C=CCc1c(N)c(CC)c(N)c(N)c1C(CC)CC(C)C. The van der Waals surface area contributed by atoms with Crippen LogP contribution in [0, 0.1) is 5.92 Å². The van der Waals surface area contributed by atoms with Gasteiger partial charge in [0.25, 0.3) is 0 Å². The Morgan fingerprint density at radius 3 is 2.05 bits per heavy atom. The molecule has 6 N–H and O–H groups in total. The zero-order chi connectivity index (χ0) is 16.2. The Kier molecular flexibility index (Phi) is 6.13. The summed E-state index contributed by atoms with van der Waals surface area (Å²) in [6.45, 7) is 12.6. The zero-order valence-electron chi connectivity index (χ0n) is 14.0. The maximum Gasteiger partial charge on any atom is 0.0604 e. The Morgan fingerprint density at radius 2 is 1.62 bits per heavy atom. The van der Waals surface area contributed by atoms with Crippen LogP contribution in [0.25, 0.3) is 0 Å².